The monoisotopic (exact) mass is 368 g/mol. The lowest BCUT2D eigenvalue weighted by molar-refractivity contribution is 0.252. The first kappa shape index (κ1) is 17.2. The maximum Gasteiger partial charge on any atom is 0.0650 e. The molecule has 0 aliphatic heterocycles. The van der Waals surface area contributed by atoms with Crippen molar-refractivity contribution in [2.75, 3.05) is 13.2 Å². The van der Waals surface area contributed by atoms with Gasteiger partial charge >= 0.3 is 0 Å². The zero-order chi connectivity index (χ0) is 13.1. The van der Waals surface area contributed by atoms with Crippen molar-refractivity contribution >= 4 is 30.4 Å². The van der Waals surface area contributed by atoms with Crippen LogP contribution in [-0.4, -0.2) is 18.3 Å². The SMILES string of the molecule is CC(C)(CCO)c1ccccc1.CCOSI. The average Bonchev–Trinajstić information content (AvgIpc) is 2.32. The van der Waals surface area contributed by atoms with Crippen LogP contribution >= 0.6 is 30.4 Å². The van der Waals surface area contributed by atoms with Gasteiger partial charge in [0.1, 0.15) is 0 Å². The van der Waals surface area contributed by atoms with Crippen LogP contribution in [0.1, 0.15) is 32.8 Å². The van der Waals surface area contributed by atoms with Crippen LogP contribution in [0.25, 0.3) is 0 Å². The van der Waals surface area contributed by atoms with E-state index in [9.17, 15) is 0 Å². The van der Waals surface area contributed by atoms with Crippen molar-refractivity contribution in [3.05, 3.63) is 35.9 Å². The number of aliphatic hydroxyl groups is 1. The highest BCUT2D eigenvalue weighted by Gasteiger charge is 2.18. The summed E-state index contributed by atoms with van der Waals surface area (Å²) < 4.78 is 4.74. The first-order chi connectivity index (χ1) is 8.08. The van der Waals surface area contributed by atoms with Crippen molar-refractivity contribution in [1.29, 1.82) is 0 Å². The quantitative estimate of drug-likeness (QED) is 0.618. The zero-order valence-corrected chi connectivity index (χ0v) is 13.6. The summed E-state index contributed by atoms with van der Waals surface area (Å²) in [6, 6.07) is 10.3. The summed E-state index contributed by atoms with van der Waals surface area (Å²) in [7, 11) is 1.37. The van der Waals surface area contributed by atoms with Crippen molar-refractivity contribution in [3.8, 4) is 0 Å². The molecule has 0 spiro atoms. The molecule has 17 heavy (non-hydrogen) atoms. The molecule has 4 heteroatoms. The second-order valence-electron chi connectivity index (χ2n) is 4.19. The Bertz CT molecular complexity index is 276. The van der Waals surface area contributed by atoms with Crippen molar-refractivity contribution in [3.63, 3.8) is 0 Å². The van der Waals surface area contributed by atoms with Crippen LogP contribution in [0, 0.1) is 0 Å². The van der Waals surface area contributed by atoms with Gasteiger partial charge in [0, 0.05) is 27.8 Å². The molecule has 0 amide bonds. The summed E-state index contributed by atoms with van der Waals surface area (Å²) in [5.41, 5.74) is 1.38. The Hall–Kier alpha value is 0.220. The summed E-state index contributed by atoms with van der Waals surface area (Å²) in [5.74, 6) is 0. The van der Waals surface area contributed by atoms with Gasteiger partial charge in [0.2, 0.25) is 0 Å². The highest BCUT2D eigenvalue weighted by Crippen LogP contribution is 2.25. The van der Waals surface area contributed by atoms with Gasteiger partial charge in [-0.1, -0.05) is 44.2 Å². The third-order valence-electron chi connectivity index (χ3n) is 2.45. The Morgan fingerprint density at radius 1 is 1.29 bits per heavy atom. The fourth-order valence-corrected chi connectivity index (χ4v) is 2.21. The van der Waals surface area contributed by atoms with E-state index in [2.05, 4.69) is 47.2 Å². The molecule has 98 valence electrons. The van der Waals surface area contributed by atoms with Crippen LogP contribution in [0.4, 0.5) is 0 Å². The molecular weight excluding hydrogens is 347 g/mol. The Balaban J connectivity index is 0.000000437. The molecule has 0 unspecified atom stereocenters. The molecule has 0 atom stereocenters. The van der Waals surface area contributed by atoms with Gasteiger partial charge in [-0.15, -0.1) is 0 Å². The molecule has 2 nitrogen and oxygen atoms in total. The Morgan fingerprint density at radius 3 is 2.24 bits per heavy atom. The fraction of sp³-hybridized carbons (Fsp3) is 0.538. The van der Waals surface area contributed by atoms with E-state index < -0.39 is 0 Å². The number of hydrogen-bond donors (Lipinski definition) is 1. The lowest BCUT2D eigenvalue weighted by Gasteiger charge is -2.23. The van der Waals surface area contributed by atoms with Gasteiger partial charge < -0.3 is 9.29 Å². The predicted molar refractivity (Wildman–Crippen MR) is 84.4 cm³/mol. The molecular formula is C13H21IO2S. The maximum atomic E-state index is 8.86. The minimum absolute atomic E-state index is 0.0933. The van der Waals surface area contributed by atoms with Gasteiger partial charge in [-0.25, -0.2) is 0 Å². The predicted octanol–water partition coefficient (Wildman–Crippen LogP) is 4.37. The van der Waals surface area contributed by atoms with E-state index in [0.717, 1.165) is 13.0 Å². The summed E-state index contributed by atoms with van der Waals surface area (Å²) >= 11 is 2.08. The summed E-state index contributed by atoms with van der Waals surface area (Å²) in [6.45, 7) is 7.32. The number of halogens is 1. The Morgan fingerprint density at radius 2 is 1.88 bits per heavy atom. The lowest BCUT2D eigenvalue weighted by Crippen LogP contribution is -2.18. The third kappa shape index (κ3) is 8.02. The molecule has 0 bridgehead atoms. The number of benzene rings is 1. The number of aliphatic hydroxyl groups excluding tert-OH is 1. The van der Waals surface area contributed by atoms with Crippen LogP contribution in [-0.2, 0) is 9.60 Å². The smallest absolute Gasteiger partial charge is 0.0650 e. The second-order valence-corrected chi connectivity index (χ2v) is 5.63. The second kappa shape index (κ2) is 10.2. The molecule has 1 aromatic rings. The summed E-state index contributed by atoms with van der Waals surface area (Å²) in [5, 5.41) is 8.86. The molecule has 0 saturated heterocycles. The summed E-state index contributed by atoms with van der Waals surface area (Å²) in [4.78, 5) is 0. The van der Waals surface area contributed by atoms with E-state index in [0.29, 0.717) is 0 Å². The first-order valence-corrected chi connectivity index (χ1v) is 8.93. The molecule has 0 heterocycles. The summed E-state index contributed by atoms with van der Waals surface area (Å²) in [6.07, 6.45) is 0.816. The van der Waals surface area contributed by atoms with Crippen molar-refractivity contribution in [1.82, 2.24) is 0 Å². The highest BCUT2D eigenvalue weighted by molar-refractivity contribution is 14.2. The van der Waals surface area contributed by atoms with E-state index >= 15 is 0 Å². The van der Waals surface area contributed by atoms with E-state index in [4.69, 9.17) is 9.29 Å². The van der Waals surface area contributed by atoms with Crippen LogP contribution in [0.5, 0.6) is 0 Å². The van der Waals surface area contributed by atoms with Gasteiger partial charge in [0.05, 0.1) is 15.8 Å². The molecule has 1 N–H and O–H groups in total. The maximum absolute atomic E-state index is 8.86. The molecule has 0 saturated carbocycles. The van der Waals surface area contributed by atoms with Crippen LogP contribution in [0.15, 0.2) is 30.3 Å². The third-order valence-corrected chi connectivity index (χ3v) is 3.54. The van der Waals surface area contributed by atoms with Gasteiger partial charge in [-0.05, 0) is 24.3 Å². The van der Waals surface area contributed by atoms with Crippen LogP contribution in [0.3, 0.4) is 0 Å². The molecule has 0 aliphatic carbocycles. The topological polar surface area (TPSA) is 29.5 Å². The average molecular weight is 368 g/mol. The lowest BCUT2D eigenvalue weighted by atomic mass is 9.82. The molecule has 0 radical (unpaired) electrons. The van der Waals surface area contributed by atoms with Crippen molar-refractivity contribution in [2.24, 2.45) is 0 Å². The van der Waals surface area contributed by atoms with Gasteiger partial charge in [0.15, 0.2) is 0 Å². The standard InChI is InChI=1S/C11H16O.C2H5IOS/c1-11(2,8-9-12)10-6-4-3-5-7-10;1-2-4-5-3/h3-7,12H,8-9H2,1-2H3;2H2,1H3. The molecule has 0 fully saturated rings. The first-order valence-electron chi connectivity index (χ1n) is 5.65. The van der Waals surface area contributed by atoms with Gasteiger partial charge in [-0.3, -0.25) is 0 Å². The fourth-order valence-electron chi connectivity index (χ4n) is 1.36. The minimum Gasteiger partial charge on any atom is -0.396 e. The van der Waals surface area contributed by atoms with Gasteiger partial charge in [0.25, 0.3) is 0 Å². The largest absolute Gasteiger partial charge is 0.396 e. The van der Waals surface area contributed by atoms with E-state index in [1.54, 1.807) is 0 Å². The minimum atomic E-state index is 0.0933. The zero-order valence-electron chi connectivity index (χ0n) is 10.6. The Kier molecular flexibility index (Phi) is 10.3. The normalized spacial score (nSPS) is 10.6. The molecule has 0 aliphatic rings. The van der Waals surface area contributed by atoms with Crippen LogP contribution < -0.4 is 0 Å². The van der Waals surface area contributed by atoms with E-state index in [-0.39, 0.29) is 12.0 Å². The number of rotatable bonds is 5. The Labute approximate surface area is 121 Å². The van der Waals surface area contributed by atoms with Crippen LogP contribution in [0.2, 0.25) is 0 Å². The molecule has 1 aromatic carbocycles. The van der Waals surface area contributed by atoms with E-state index in [1.165, 1.54) is 14.8 Å². The van der Waals surface area contributed by atoms with Crippen molar-refractivity contribution in [2.45, 2.75) is 32.6 Å². The highest BCUT2D eigenvalue weighted by atomic mass is 127. The molecule has 1 rings (SSSR count). The van der Waals surface area contributed by atoms with E-state index in [1.807, 2.05) is 25.1 Å². The van der Waals surface area contributed by atoms with Gasteiger partial charge in [-0.2, -0.15) is 0 Å². The number of hydrogen-bond acceptors (Lipinski definition) is 3. The molecule has 0 aromatic heterocycles. The van der Waals surface area contributed by atoms with Crippen molar-refractivity contribution < 1.29 is 9.29 Å².